The van der Waals surface area contributed by atoms with Crippen molar-refractivity contribution >= 4 is 12.0 Å². The molecule has 146 valence electrons. The van der Waals surface area contributed by atoms with E-state index in [9.17, 15) is 9.18 Å². The summed E-state index contributed by atoms with van der Waals surface area (Å²) in [5.41, 5.74) is 2.09. The summed E-state index contributed by atoms with van der Waals surface area (Å²) in [7, 11) is 0. The van der Waals surface area contributed by atoms with Crippen LogP contribution in [0.1, 0.15) is 30.5 Å². The number of nitrogens with one attached hydrogen (secondary N) is 1. The number of pyridine rings is 1. The maximum Gasteiger partial charge on any atom is 0.244 e. The molecule has 2 fully saturated rings. The topological polar surface area (TPSA) is 45.2 Å². The van der Waals surface area contributed by atoms with Gasteiger partial charge in [0.05, 0.1) is 0 Å². The Morgan fingerprint density at radius 1 is 1.29 bits per heavy atom. The van der Waals surface area contributed by atoms with Gasteiger partial charge in [0.1, 0.15) is 5.82 Å². The molecule has 2 heterocycles. The van der Waals surface area contributed by atoms with Gasteiger partial charge in [0.25, 0.3) is 0 Å². The van der Waals surface area contributed by atoms with E-state index in [1.165, 1.54) is 17.7 Å². The highest BCUT2D eigenvalue weighted by molar-refractivity contribution is 5.91. The number of amides is 1. The summed E-state index contributed by atoms with van der Waals surface area (Å²) in [6.45, 7) is 5.12. The number of hydrogen-bond donors (Lipinski definition) is 1. The van der Waals surface area contributed by atoms with Crippen LogP contribution in [0.3, 0.4) is 0 Å². The van der Waals surface area contributed by atoms with Gasteiger partial charge >= 0.3 is 0 Å². The molecule has 1 aromatic carbocycles. The first kappa shape index (κ1) is 18.8. The average Bonchev–Trinajstić information content (AvgIpc) is 3.16. The summed E-state index contributed by atoms with van der Waals surface area (Å²) in [6.07, 6.45) is 7.83. The van der Waals surface area contributed by atoms with E-state index in [0.29, 0.717) is 6.04 Å². The molecular weight excluding hydrogens is 353 g/mol. The molecule has 1 N–H and O–H groups in total. The summed E-state index contributed by atoms with van der Waals surface area (Å²) in [5.74, 6) is 1.97. The van der Waals surface area contributed by atoms with Crippen LogP contribution in [0.4, 0.5) is 4.39 Å². The Balaban J connectivity index is 1.17. The van der Waals surface area contributed by atoms with E-state index >= 15 is 0 Å². The highest BCUT2D eigenvalue weighted by Crippen LogP contribution is 2.54. The number of carbonyl (C=O) groups is 1. The SMILES string of the molecule is CC(c1ccc(F)cc1)N1C[C@@H]2[C@@H](CCNC(=O)/C=C/c3cccnc3)[C@@H]2C1. The van der Waals surface area contributed by atoms with Crippen molar-refractivity contribution in [3.05, 3.63) is 71.8 Å². The molecular formula is C23H26FN3O. The van der Waals surface area contributed by atoms with Crippen LogP contribution in [-0.4, -0.2) is 35.4 Å². The van der Waals surface area contributed by atoms with Crippen LogP contribution >= 0.6 is 0 Å². The minimum atomic E-state index is -0.183. The quantitative estimate of drug-likeness (QED) is 0.747. The van der Waals surface area contributed by atoms with Gasteiger partial charge in [0, 0.05) is 44.1 Å². The molecule has 4 nitrogen and oxygen atoms in total. The molecule has 0 spiro atoms. The van der Waals surface area contributed by atoms with Gasteiger partial charge in [-0.3, -0.25) is 14.7 Å². The smallest absolute Gasteiger partial charge is 0.244 e. The fraction of sp³-hybridized carbons (Fsp3) is 0.391. The molecule has 1 saturated carbocycles. The van der Waals surface area contributed by atoms with Crippen LogP contribution in [0, 0.1) is 23.6 Å². The van der Waals surface area contributed by atoms with E-state index in [1.54, 1.807) is 24.5 Å². The predicted octanol–water partition coefficient (Wildman–Crippen LogP) is 3.68. The zero-order valence-electron chi connectivity index (χ0n) is 16.1. The molecule has 5 heteroatoms. The van der Waals surface area contributed by atoms with Gasteiger partial charge < -0.3 is 5.32 Å². The van der Waals surface area contributed by atoms with Crippen molar-refractivity contribution in [2.45, 2.75) is 19.4 Å². The Kier molecular flexibility index (Phi) is 5.53. The minimum Gasteiger partial charge on any atom is -0.353 e. The Bertz CT molecular complexity index is 825. The van der Waals surface area contributed by atoms with E-state index in [-0.39, 0.29) is 11.7 Å². The molecule has 1 aliphatic heterocycles. The summed E-state index contributed by atoms with van der Waals surface area (Å²) in [5, 5.41) is 2.98. The lowest BCUT2D eigenvalue weighted by molar-refractivity contribution is -0.116. The van der Waals surface area contributed by atoms with Gasteiger partial charge in [-0.2, -0.15) is 0 Å². The van der Waals surface area contributed by atoms with E-state index in [0.717, 1.165) is 49.4 Å². The predicted molar refractivity (Wildman–Crippen MR) is 108 cm³/mol. The Morgan fingerprint density at radius 3 is 2.71 bits per heavy atom. The molecule has 1 amide bonds. The number of fused-ring (bicyclic) bond motifs is 1. The number of nitrogens with zero attached hydrogens (tertiary/aromatic N) is 2. The van der Waals surface area contributed by atoms with Gasteiger partial charge in [0.15, 0.2) is 0 Å². The molecule has 28 heavy (non-hydrogen) atoms. The van der Waals surface area contributed by atoms with Gasteiger partial charge in [-0.25, -0.2) is 4.39 Å². The zero-order chi connectivity index (χ0) is 19.5. The van der Waals surface area contributed by atoms with Crippen molar-refractivity contribution in [3.8, 4) is 0 Å². The molecule has 1 aliphatic carbocycles. The summed E-state index contributed by atoms with van der Waals surface area (Å²) < 4.78 is 13.1. The third-order valence-corrected chi connectivity index (χ3v) is 6.19. The van der Waals surface area contributed by atoms with E-state index in [2.05, 4.69) is 22.1 Å². The van der Waals surface area contributed by atoms with Gasteiger partial charge in [-0.05, 0) is 66.5 Å². The molecule has 0 radical (unpaired) electrons. The van der Waals surface area contributed by atoms with E-state index in [1.807, 2.05) is 24.3 Å². The number of aromatic nitrogens is 1. The molecule has 2 aliphatic rings. The van der Waals surface area contributed by atoms with Crippen LogP contribution in [0.25, 0.3) is 6.08 Å². The van der Waals surface area contributed by atoms with Crippen molar-refractivity contribution in [2.24, 2.45) is 17.8 Å². The Morgan fingerprint density at radius 2 is 2.04 bits per heavy atom. The summed E-state index contributed by atoms with van der Waals surface area (Å²) in [4.78, 5) is 18.5. The molecule has 4 rings (SSSR count). The number of halogens is 1. The summed E-state index contributed by atoms with van der Waals surface area (Å²) in [6, 6.07) is 10.9. The largest absolute Gasteiger partial charge is 0.353 e. The lowest BCUT2D eigenvalue weighted by Gasteiger charge is -2.27. The first-order chi connectivity index (χ1) is 13.6. The van der Waals surface area contributed by atoms with Gasteiger partial charge in [-0.15, -0.1) is 0 Å². The third-order valence-electron chi connectivity index (χ3n) is 6.19. The number of rotatable bonds is 7. The lowest BCUT2D eigenvalue weighted by Crippen LogP contribution is -2.29. The number of carbonyl (C=O) groups excluding carboxylic acids is 1. The maximum atomic E-state index is 13.1. The van der Waals surface area contributed by atoms with Crippen LogP contribution < -0.4 is 5.32 Å². The highest BCUT2D eigenvalue weighted by atomic mass is 19.1. The third kappa shape index (κ3) is 4.30. The monoisotopic (exact) mass is 379 g/mol. The normalized spacial score (nSPS) is 24.9. The standard InChI is InChI=1S/C23H26FN3O/c1-16(18-5-7-19(24)8-6-18)27-14-21-20(22(21)15-27)10-12-26-23(28)9-4-17-3-2-11-25-13-17/h2-9,11,13,16,20-22H,10,12,14-15H2,1H3,(H,26,28)/b9-4+/t16?,20-,21-,22+. The molecule has 4 atom stereocenters. The van der Waals surface area contributed by atoms with Crippen molar-refractivity contribution in [1.29, 1.82) is 0 Å². The molecule has 1 unspecified atom stereocenters. The summed E-state index contributed by atoms with van der Waals surface area (Å²) >= 11 is 0. The van der Waals surface area contributed by atoms with Crippen LogP contribution in [-0.2, 0) is 4.79 Å². The molecule has 1 saturated heterocycles. The lowest BCUT2D eigenvalue weighted by atomic mass is 10.1. The van der Waals surface area contributed by atoms with Crippen molar-refractivity contribution in [1.82, 2.24) is 15.2 Å². The molecule has 2 aromatic rings. The molecule has 1 aromatic heterocycles. The number of hydrogen-bond acceptors (Lipinski definition) is 3. The first-order valence-electron chi connectivity index (χ1n) is 9.97. The highest BCUT2D eigenvalue weighted by Gasteiger charge is 2.55. The van der Waals surface area contributed by atoms with Crippen molar-refractivity contribution < 1.29 is 9.18 Å². The van der Waals surface area contributed by atoms with E-state index < -0.39 is 0 Å². The first-order valence-corrected chi connectivity index (χ1v) is 9.97. The zero-order valence-corrected chi connectivity index (χ0v) is 16.1. The van der Waals surface area contributed by atoms with E-state index in [4.69, 9.17) is 0 Å². The van der Waals surface area contributed by atoms with Crippen LogP contribution in [0.2, 0.25) is 0 Å². The molecule has 0 bridgehead atoms. The fourth-order valence-corrected chi connectivity index (χ4v) is 4.45. The second-order valence-electron chi connectivity index (χ2n) is 7.87. The number of benzene rings is 1. The maximum absolute atomic E-state index is 13.1. The fourth-order valence-electron chi connectivity index (χ4n) is 4.45. The average molecular weight is 379 g/mol. The number of piperidine rings is 1. The second kappa shape index (κ2) is 8.23. The Hall–Kier alpha value is -2.53. The second-order valence-corrected chi connectivity index (χ2v) is 7.87. The van der Waals surface area contributed by atoms with Gasteiger partial charge in [0.2, 0.25) is 5.91 Å². The van der Waals surface area contributed by atoms with Crippen LogP contribution in [0.5, 0.6) is 0 Å². The van der Waals surface area contributed by atoms with Gasteiger partial charge in [-0.1, -0.05) is 18.2 Å². The van der Waals surface area contributed by atoms with Crippen LogP contribution in [0.15, 0.2) is 54.9 Å². The van der Waals surface area contributed by atoms with Crippen molar-refractivity contribution in [2.75, 3.05) is 19.6 Å². The van der Waals surface area contributed by atoms with Crippen molar-refractivity contribution in [3.63, 3.8) is 0 Å². The Labute approximate surface area is 165 Å². The minimum absolute atomic E-state index is 0.0544. The number of likely N-dealkylation sites (tertiary alicyclic amines) is 1.